The van der Waals surface area contributed by atoms with Crippen LogP contribution in [-0.4, -0.2) is 45.3 Å². The normalized spacial score (nSPS) is 20.8. The molecule has 2 aromatic carbocycles. The predicted octanol–water partition coefficient (Wildman–Crippen LogP) is 4.74. The standard InChI is InChI=1S/C29H26F5N3O5S2/c30-19-4-6-21(7-5-19)44(41,42)37-25-8-3-18(27(38)36-16-24-22(29(32,33)34)14-20(31)15-35-24)13-23(25)28(26(37)17-1-2-17)9-11-43(39,40)12-10-28/h3-8,13-15,17,26H,1-2,9-12,16H2,(H,36,38). The van der Waals surface area contributed by atoms with Gasteiger partial charge < -0.3 is 5.32 Å². The van der Waals surface area contributed by atoms with Gasteiger partial charge in [-0.15, -0.1) is 0 Å². The number of sulfone groups is 1. The summed E-state index contributed by atoms with van der Waals surface area (Å²) in [6.07, 6.45) is -2.66. The molecule has 6 rings (SSSR count). The Balaban J connectivity index is 1.40. The van der Waals surface area contributed by atoms with Crippen LogP contribution in [0.4, 0.5) is 27.6 Å². The minimum absolute atomic E-state index is 0.0165. The maximum atomic E-state index is 14.1. The van der Waals surface area contributed by atoms with E-state index in [2.05, 4.69) is 10.3 Å². The molecule has 1 saturated heterocycles. The van der Waals surface area contributed by atoms with E-state index in [4.69, 9.17) is 0 Å². The molecule has 44 heavy (non-hydrogen) atoms. The van der Waals surface area contributed by atoms with Crippen molar-refractivity contribution in [2.45, 2.75) is 54.8 Å². The summed E-state index contributed by atoms with van der Waals surface area (Å²) in [5.74, 6) is -3.04. The number of carbonyl (C=O) groups excluding carboxylic acids is 1. The van der Waals surface area contributed by atoms with Crippen molar-refractivity contribution in [2.75, 3.05) is 15.8 Å². The number of fused-ring (bicyclic) bond motifs is 2. The number of benzene rings is 2. The molecule has 0 radical (unpaired) electrons. The quantitative estimate of drug-likeness (QED) is 0.384. The monoisotopic (exact) mass is 655 g/mol. The first-order valence-corrected chi connectivity index (χ1v) is 17.0. The first-order valence-electron chi connectivity index (χ1n) is 13.8. The first kappa shape index (κ1) is 30.4. The second-order valence-electron chi connectivity index (χ2n) is 11.4. The highest BCUT2D eigenvalue weighted by Crippen LogP contribution is 2.59. The first-order chi connectivity index (χ1) is 20.6. The van der Waals surface area contributed by atoms with Crippen LogP contribution >= 0.6 is 0 Å². The Hall–Kier alpha value is -3.59. The van der Waals surface area contributed by atoms with Crippen LogP contribution in [0.2, 0.25) is 0 Å². The number of nitrogens with zero attached hydrogens (tertiary/aromatic N) is 2. The number of alkyl halides is 3. The molecule has 1 saturated carbocycles. The van der Waals surface area contributed by atoms with Gasteiger partial charge in [-0.1, -0.05) is 0 Å². The summed E-state index contributed by atoms with van der Waals surface area (Å²) in [6, 6.07) is 8.27. The van der Waals surface area contributed by atoms with Gasteiger partial charge in [0.05, 0.1) is 52.1 Å². The van der Waals surface area contributed by atoms with Crippen molar-refractivity contribution in [1.82, 2.24) is 10.3 Å². The number of halogens is 5. The van der Waals surface area contributed by atoms with Gasteiger partial charge in [-0.3, -0.25) is 14.1 Å². The number of carbonyl (C=O) groups is 1. The van der Waals surface area contributed by atoms with Crippen molar-refractivity contribution < 1.29 is 43.6 Å². The highest BCUT2D eigenvalue weighted by atomic mass is 32.2. The van der Waals surface area contributed by atoms with Crippen molar-refractivity contribution >= 4 is 31.5 Å². The Morgan fingerprint density at radius 1 is 1.00 bits per heavy atom. The molecule has 1 N–H and O–H groups in total. The summed E-state index contributed by atoms with van der Waals surface area (Å²) >= 11 is 0. The molecule has 3 aliphatic rings. The molecule has 1 spiro atoms. The number of nitrogens with one attached hydrogen (secondary N) is 1. The number of sulfonamides is 1. The van der Waals surface area contributed by atoms with Crippen LogP contribution in [0.5, 0.6) is 0 Å². The molecule has 1 unspecified atom stereocenters. The molecule has 8 nitrogen and oxygen atoms in total. The van der Waals surface area contributed by atoms with E-state index in [1.165, 1.54) is 22.5 Å². The van der Waals surface area contributed by atoms with Crippen LogP contribution in [0.3, 0.4) is 0 Å². The SMILES string of the molecule is O=C(NCc1ncc(F)cc1C(F)(F)F)c1ccc2c(c1)C1(CCS(=O)(=O)CC1)C(C1CC1)N2S(=O)(=O)c1ccc(F)cc1. The maximum absolute atomic E-state index is 14.1. The molecular weight excluding hydrogens is 629 g/mol. The number of hydrogen-bond acceptors (Lipinski definition) is 6. The Morgan fingerprint density at radius 2 is 1.66 bits per heavy atom. The number of amides is 1. The summed E-state index contributed by atoms with van der Waals surface area (Å²) in [6.45, 7) is -0.663. The topological polar surface area (TPSA) is 114 Å². The lowest BCUT2D eigenvalue weighted by Gasteiger charge is -2.41. The van der Waals surface area contributed by atoms with Crippen LogP contribution in [-0.2, 0) is 38.0 Å². The Labute approximate surface area is 250 Å². The largest absolute Gasteiger partial charge is 0.418 e. The molecule has 1 aromatic heterocycles. The van der Waals surface area contributed by atoms with E-state index >= 15 is 0 Å². The zero-order valence-corrected chi connectivity index (χ0v) is 24.6. The summed E-state index contributed by atoms with van der Waals surface area (Å²) < 4.78 is 122. The van der Waals surface area contributed by atoms with Crippen LogP contribution in [0.25, 0.3) is 0 Å². The molecular formula is C29H26F5N3O5S2. The highest BCUT2D eigenvalue weighted by molar-refractivity contribution is 7.93. The fourth-order valence-electron chi connectivity index (χ4n) is 6.44. The lowest BCUT2D eigenvalue weighted by molar-refractivity contribution is -0.138. The van der Waals surface area contributed by atoms with E-state index in [0.29, 0.717) is 30.7 Å². The fourth-order valence-corrected chi connectivity index (χ4v) is 9.80. The van der Waals surface area contributed by atoms with Gasteiger partial charge in [0, 0.05) is 11.0 Å². The summed E-state index contributed by atoms with van der Waals surface area (Å²) in [7, 11) is -7.64. The Morgan fingerprint density at radius 3 is 2.27 bits per heavy atom. The van der Waals surface area contributed by atoms with E-state index < -0.39 is 72.8 Å². The zero-order valence-electron chi connectivity index (χ0n) is 22.9. The number of rotatable bonds is 6. The average Bonchev–Trinajstić information content (AvgIpc) is 3.76. The van der Waals surface area contributed by atoms with Crippen molar-refractivity contribution in [3.63, 3.8) is 0 Å². The van der Waals surface area contributed by atoms with Crippen LogP contribution in [0.1, 0.15) is 52.9 Å². The molecule has 1 amide bonds. The van der Waals surface area contributed by atoms with Gasteiger partial charge in [0.15, 0.2) is 0 Å². The molecule has 1 aliphatic carbocycles. The highest BCUT2D eigenvalue weighted by Gasteiger charge is 2.60. The molecule has 2 fully saturated rings. The third-order valence-electron chi connectivity index (χ3n) is 8.67. The van der Waals surface area contributed by atoms with Crippen LogP contribution < -0.4 is 9.62 Å². The molecule has 2 aliphatic heterocycles. The number of aromatic nitrogens is 1. The second kappa shape index (κ2) is 10.5. The average molecular weight is 656 g/mol. The Bertz CT molecular complexity index is 1850. The van der Waals surface area contributed by atoms with Crippen molar-refractivity contribution in [3.05, 3.63) is 88.7 Å². The molecule has 15 heteroatoms. The fraction of sp³-hybridized carbons (Fsp3) is 0.379. The molecule has 3 aromatic rings. The number of anilines is 1. The van der Waals surface area contributed by atoms with Gasteiger partial charge in [-0.05, 0) is 85.7 Å². The zero-order chi connectivity index (χ0) is 31.7. The van der Waals surface area contributed by atoms with E-state index in [1.807, 2.05) is 0 Å². The third kappa shape index (κ3) is 5.33. The molecule has 3 heterocycles. The van der Waals surface area contributed by atoms with E-state index in [-0.39, 0.29) is 46.4 Å². The molecule has 0 bridgehead atoms. The second-order valence-corrected chi connectivity index (χ2v) is 15.5. The van der Waals surface area contributed by atoms with Crippen molar-refractivity contribution in [3.8, 4) is 0 Å². The van der Waals surface area contributed by atoms with Crippen LogP contribution in [0.15, 0.2) is 59.6 Å². The lowest BCUT2D eigenvalue weighted by Crippen LogP contribution is -2.52. The van der Waals surface area contributed by atoms with Gasteiger partial charge >= 0.3 is 6.18 Å². The minimum atomic E-state index is -4.91. The van der Waals surface area contributed by atoms with E-state index in [1.54, 1.807) is 0 Å². The van der Waals surface area contributed by atoms with Crippen LogP contribution in [0, 0.1) is 17.6 Å². The summed E-state index contributed by atoms with van der Waals surface area (Å²) in [4.78, 5) is 16.6. The van der Waals surface area contributed by atoms with E-state index in [0.717, 1.165) is 24.3 Å². The summed E-state index contributed by atoms with van der Waals surface area (Å²) in [5, 5.41) is 2.37. The van der Waals surface area contributed by atoms with Gasteiger partial charge in [-0.2, -0.15) is 13.2 Å². The van der Waals surface area contributed by atoms with Gasteiger partial charge in [0.2, 0.25) is 0 Å². The van der Waals surface area contributed by atoms with Gasteiger partial charge in [-0.25, -0.2) is 25.6 Å². The predicted molar refractivity (Wildman–Crippen MR) is 149 cm³/mol. The van der Waals surface area contributed by atoms with Gasteiger partial charge in [0.1, 0.15) is 21.5 Å². The molecule has 1 atom stereocenters. The van der Waals surface area contributed by atoms with Gasteiger partial charge in [0.25, 0.3) is 15.9 Å². The third-order valence-corrected chi connectivity index (χ3v) is 12.1. The maximum Gasteiger partial charge on any atom is 0.418 e. The lowest BCUT2D eigenvalue weighted by atomic mass is 9.70. The smallest absolute Gasteiger partial charge is 0.346 e. The summed E-state index contributed by atoms with van der Waals surface area (Å²) in [5.41, 5.74) is -2.13. The Kier molecular flexibility index (Phi) is 7.26. The van der Waals surface area contributed by atoms with E-state index in [9.17, 15) is 43.6 Å². The minimum Gasteiger partial charge on any atom is -0.346 e. The number of pyridine rings is 1. The van der Waals surface area contributed by atoms with Crippen molar-refractivity contribution in [1.29, 1.82) is 0 Å². The number of hydrogen-bond donors (Lipinski definition) is 1. The van der Waals surface area contributed by atoms with Crippen molar-refractivity contribution in [2.24, 2.45) is 5.92 Å². The molecule has 234 valence electrons.